The highest BCUT2D eigenvalue weighted by molar-refractivity contribution is 8.23. The van der Waals surface area contributed by atoms with Crippen LogP contribution >= 0.6 is 24.0 Å². The predicted octanol–water partition coefficient (Wildman–Crippen LogP) is 4.69. The Balaban J connectivity index is 2.11. The van der Waals surface area contributed by atoms with Gasteiger partial charge in [-0.3, -0.25) is 4.79 Å². The van der Waals surface area contributed by atoms with Crippen molar-refractivity contribution in [3.05, 3.63) is 65.7 Å². The van der Waals surface area contributed by atoms with Gasteiger partial charge in [0.15, 0.2) is 5.92 Å². The number of nitrogens with zero attached hydrogens (tertiary/aromatic N) is 1. The van der Waals surface area contributed by atoms with E-state index in [2.05, 4.69) is 6.07 Å². The van der Waals surface area contributed by atoms with E-state index in [0.29, 0.717) is 0 Å². The van der Waals surface area contributed by atoms with Crippen LogP contribution in [0.5, 0.6) is 0 Å². The third-order valence-electron chi connectivity index (χ3n) is 4.30. The first-order valence-electron chi connectivity index (χ1n) is 8.09. The highest BCUT2D eigenvalue weighted by Gasteiger charge is 2.43. The lowest BCUT2D eigenvalue weighted by Gasteiger charge is -2.27. The Morgan fingerprint density at radius 2 is 1.92 bits per heavy atom. The van der Waals surface area contributed by atoms with E-state index in [-0.39, 0.29) is 18.4 Å². The van der Waals surface area contributed by atoms with Crippen molar-refractivity contribution in [2.75, 3.05) is 6.61 Å². The van der Waals surface area contributed by atoms with Crippen LogP contribution in [0.1, 0.15) is 29.9 Å². The number of hydrogen-bond donors (Lipinski definition) is 0. The predicted molar refractivity (Wildman–Crippen MR) is 103 cm³/mol. The van der Waals surface area contributed by atoms with Crippen molar-refractivity contribution in [2.45, 2.75) is 23.7 Å². The second-order valence-corrected chi connectivity index (χ2v) is 7.51. The quantitative estimate of drug-likeness (QED) is 0.567. The van der Waals surface area contributed by atoms with Crippen molar-refractivity contribution >= 4 is 34.1 Å². The minimum absolute atomic E-state index is 0.173. The van der Waals surface area contributed by atoms with E-state index < -0.39 is 11.9 Å². The molecule has 0 bridgehead atoms. The molecule has 0 amide bonds. The molecule has 0 saturated heterocycles. The van der Waals surface area contributed by atoms with Gasteiger partial charge in [-0.05, 0) is 24.1 Å². The van der Waals surface area contributed by atoms with Crippen LogP contribution in [0.2, 0.25) is 0 Å². The third-order valence-corrected chi connectivity index (χ3v) is 5.85. The van der Waals surface area contributed by atoms with Gasteiger partial charge in [-0.25, -0.2) is 0 Å². The number of carbonyl (C=O) groups excluding carboxylic acids is 1. The molecule has 1 aliphatic rings. The molecule has 2 aromatic rings. The van der Waals surface area contributed by atoms with Crippen LogP contribution in [0.15, 0.2) is 59.5 Å². The average Bonchev–Trinajstić information content (AvgIpc) is 2.96. The van der Waals surface area contributed by atoms with Crippen molar-refractivity contribution in [1.82, 2.24) is 0 Å². The normalized spacial score (nSPS) is 18.1. The average molecular weight is 367 g/mol. The number of hydrogen-bond acceptors (Lipinski definition) is 5. The molecule has 3 unspecified atom stereocenters. The minimum atomic E-state index is -0.906. The van der Waals surface area contributed by atoms with E-state index in [1.165, 1.54) is 0 Å². The molecule has 3 nitrogen and oxygen atoms in total. The number of nitriles is 1. The van der Waals surface area contributed by atoms with Gasteiger partial charge in [0.25, 0.3) is 0 Å². The highest BCUT2D eigenvalue weighted by atomic mass is 32.2. The van der Waals surface area contributed by atoms with E-state index in [1.807, 2.05) is 54.6 Å². The van der Waals surface area contributed by atoms with Gasteiger partial charge >= 0.3 is 5.97 Å². The van der Waals surface area contributed by atoms with E-state index >= 15 is 0 Å². The smallest absolute Gasteiger partial charge is 0.323 e. The fourth-order valence-corrected chi connectivity index (χ4v) is 4.85. The van der Waals surface area contributed by atoms with Crippen molar-refractivity contribution in [2.24, 2.45) is 5.92 Å². The second-order valence-electron chi connectivity index (χ2n) is 5.73. The molecule has 0 spiro atoms. The first-order chi connectivity index (χ1) is 12.2. The molecule has 0 N–H and O–H groups in total. The molecule has 0 radical (unpaired) electrons. The summed E-state index contributed by atoms with van der Waals surface area (Å²) < 4.78 is 5.96. The maximum atomic E-state index is 12.5. The molecule has 126 valence electrons. The standard InChI is InChI=1S/C20H17NO2S2/c1-2-23-19(22)15(12-21)17(13-8-4-3-5-9-13)18-14-10-6-7-11-16(14)25-20(18)24/h3-11,15,17-18H,2H2,1H3. The Labute approximate surface area is 157 Å². The largest absolute Gasteiger partial charge is 0.465 e. The molecule has 1 heterocycles. The molecular weight excluding hydrogens is 350 g/mol. The Hall–Kier alpha value is -2.16. The van der Waals surface area contributed by atoms with E-state index in [0.717, 1.165) is 20.2 Å². The fraction of sp³-hybridized carbons (Fsp3) is 0.250. The number of thioether (sulfide) groups is 1. The summed E-state index contributed by atoms with van der Waals surface area (Å²) in [5, 5.41) is 9.75. The van der Waals surface area contributed by atoms with E-state index in [4.69, 9.17) is 17.0 Å². The minimum Gasteiger partial charge on any atom is -0.465 e. The molecule has 3 rings (SSSR count). The molecule has 0 aliphatic carbocycles. The number of carbonyl (C=O) groups is 1. The van der Waals surface area contributed by atoms with Gasteiger partial charge in [0, 0.05) is 16.7 Å². The Bertz CT molecular complexity index is 829. The van der Waals surface area contributed by atoms with Crippen molar-refractivity contribution in [3.8, 4) is 6.07 Å². The molecular formula is C20H17NO2S2. The molecule has 0 saturated carbocycles. The van der Waals surface area contributed by atoms with Crippen LogP contribution in [0.4, 0.5) is 0 Å². The number of rotatable bonds is 5. The van der Waals surface area contributed by atoms with Gasteiger partial charge in [-0.15, -0.1) is 0 Å². The van der Waals surface area contributed by atoms with Gasteiger partial charge in [0.05, 0.1) is 16.9 Å². The number of thiocarbonyl (C=S) groups is 1. The zero-order valence-electron chi connectivity index (χ0n) is 13.7. The van der Waals surface area contributed by atoms with Gasteiger partial charge in [0.1, 0.15) is 0 Å². The summed E-state index contributed by atoms with van der Waals surface area (Å²) in [5.74, 6) is -1.94. The molecule has 3 atom stereocenters. The number of esters is 1. The summed E-state index contributed by atoms with van der Waals surface area (Å²) in [7, 11) is 0. The molecule has 5 heteroatoms. The molecule has 0 fully saturated rings. The van der Waals surface area contributed by atoms with E-state index in [9.17, 15) is 10.1 Å². The number of fused-ring (bicyclic) bond motifs is 1. The summed E-state index contributed by atoms with van der Waals surface area (Å²) in [4.78, 5) is 13.6. The third kappa shape index (κ3) is 3.46. The molecule has 25 heavy (non-hydrogen) atoms. The Kier molecular flexibility index (Phi) is 5.52. The zero-order valence-corrected chi connectivity index (χ0v) is 15.3. The molecule has 1 aliphatic heterocycles. The van der Waals surface area contributed by atoms with Crippen LogP contribution in [0.25, 0.3) is 0 Å². The second kappa shape index (κ2) is 7.81. The number of ether oxygens (including phenoxy) is 1. The summed E-state index contributed by atoms with van der Waals surface area (Å²) in [6.07, 6.45) is 0. The number of benzene rings is 2. The van der Waals surface area contributed by atoms with Gasteiger partial charge in [-0.2, -0.15) is 5.26 Å². The van der Waals surface area contributed by atoms with Crippen molar-refractivity contribution in [3.63, 3.8) is 0 Å². The maximum Gasteiger partial charge on any atom is 0.323 e. The summed E-state index contributed by atoms with van der Waals surface area (Å²) in [6, 6.07) is 19.8. The SMILES string of the molecule is CCOC(=O)C(C#N)C(c1ccccc1)C1C(=S)Sc2ccccc21. The lowest BCUT2D eigenvalue weighted by atomic mass is 9.75. The van der Waals surface area contributed by atoms with Gasteiger partial charge in [-0.1, -0.05) is 72.5 Å². The maximum absolute atomic E-state index is 12.5. The summed E-state index contributed by atoms with van der Waals surface area (Å²) in [5.41, 5.74) is 2.00. The van der Waals surface area contributed by atoms with Gasteiger partial charge < -0.3 is 4.74 Å². The molecule has 2 aromatic carbocycles. The molecule has 0 aromatic heterocycles. The summed E-state index contributed by atoms with van der Waals surface area (Å²) in [6.45, 7) is 1.99. The highest BCUT2D eigenvalue weighted by Crippen LogP contribution is 2.51. The Morgan fingerprint density at radius 3 is 2.60 bits per heavy atom. The van der Waals surface area contributed by atoms with Crippen LogP contribution in [-0.2, 0) is 9.53 Å². The lowest BCUT2D eigenvalue weighted by Crippen LogP contribution is -2.29. The monoisotopic (exact) mass is 367 g/mol. The van der Waals surface area contributed by atoms with Crippen LogP contribution in [0, 0.1) is 17.2 Å². The van der Waals surface area contributed by atoms with E-state index in [1.54, 1.807) is 18.7 Å². The van der Waals surface area contributed by atoms with Crippen molar-refractivity contribution < 1.29 is 9.53 Å². The van der Waals surface area contributed by atoms with Gasteiger partial charge in [0.2, 0.25) is 0 Å². The lowest BCUT2D eigenvalue weighted by molar-refractivity contribution is -0.146. The van der Waals surface area contributed by atoms with Crippen LogP contribution in [0.3, 0.4) is 0 Å². The van der Waals surface area contributed by atoms with Crippen LogP contribution in [-0.4, -0.2) is 16.8 Å². The van der Waals surface area contributed by atoms with Crippen molar-refractivity contribution in [1.29, 1.82) is 5.26 Å². The Morgan fingerprint density at radius 1 is 1.24 bits per heavy atom. The fourth-order valence-electron chi connectivity index (χ4n) is 3.23. The zero-order chi connectivity index (χ0) is 17.8. The topological polar surface area (TPSA) is 50.1 Å². The summed E-state index contributed by atoms with van der Waals surface area (Å²) >= 11 is 7.19. The first-order valence-corrected chi connectivity index (χ1v) is 9.31. The first kappa shape index (κ1) is 17.7. The van der Waals surface area contributed by atoms with Crippen LogP contribution < -0.4 is 0 Å².